The van der Waals surface area contributed by atoms with Gasteiger partial charge in [-0.15, -0.1) is 0 Å². The zero-order valence-electron chi connectivity index (χ0n) is 13.0. The molecule has 0 radical (unpaired) electrons. The summed E-state index contributed by atoms with van der Waals surface area (Å²) in [5.74, 6) is 0.758. The van der Waals surface area contributed by atoms with Gasteiger partial charge >= 0.3 is 0 Å². The molecule has 0 bridgehead atoms. The van der Waals surface area contributed by atoms with E-state index >= 15 is 0 Å². The monoisotopic (exact) mass is 254 g/mol. The standard InChI is InChI=1S/C16H34N2/c1-5-9-16-10-7-8-12-18(16)15(4)14(3)13-17-11-6-2/h14-17H,5-13H2,1-4H3. The summed E-state index contributed by atoms with van der Waals surface area (Å²) >= 11 is 0. The Kier molecular flexibility index (Phi) is 7.92. The van der Waals surface area contributed by atoms with Crippen LogP contribution in [0.15, 0.2) is 0 Å². The van der Waals surface area contributed by atoms with Crippen LogP contribution in [0.25, 0.3) is 0 Å². The minimum atomic E-state index is 0.728. The van der Waals surface area contributed by atoms with Crippen molar-refractivity contribution in [2.24, 2.45) is 5.92 Å². The second-order valence-electron chi connectivity index (χ2n) is 6.10. The molecule has 2 heteroatoms. The Morgan fingerprint density at radius 3 is 2.61 bits per heavy atom. The van der Waals surface area contributed by atoms with E-state index in [1.165, 1.54) is 51.6 Å². The SMILES string of the molecule is CCCNCC(C)C(C)N1CCCCC1CCC. The summed E-state index contributed by atoms with van der Waals surface area (Å²) in [6.07, 6.45) is 8.22. The molecular weight excluding hydrogens is 220 g/mol. The lowest BCUT2D eigenvalue weighted by molar-refractivity contribution is 0.0692. The maximum atomic E-state index is 3.57. The molecule has 108 valence electrons. The van der Waals surface area contributed by atoms with E-state index in [1.54, 1.807) is 0 Å². The fraction of sp³-hybridized carbons (Fsp3) is 1.00. The largest absolute Gasteiger partial charge is 0.316 e. The molecule has 0 amide bonds. The van der Waals surface area contributed by atoms with Gasteiger partial charge in [-0.05, 0) is 58.2 Å². The van der Waals surface area contributed by atoms with Crippen molar-refractivity contribution in [3.63, 3.8) is 0 Å². The molecule has 18 heavy (non-hydrogen) atoms. The van der Waals surface area contributed by atoms with Crippen molar-refractivity contribution in [3.8, 4) is 0 Å². The summed E-state index contributed by atoms with van der Waals surface area (Å²) in [6, 6.07) is 1.58. The summed E-state index contributed by atoms with van der Waals surface area (Å²) in [5, 5.41) is 3.57. The molecule has 1 saturated heterocycles. The van der Waals surface area contributed by atoms with Crippen molar-refractivity contribution in [2.45, 2.75) is 78.3 Å². The van der Waals surface area contributed by atoms with Gasteiger partial charge in [-0.3, -0.25) is 4.90 Å². The van der Waals surface area contributed by atoms with Crippen LogP contribution in [0.2, 0.25) is 0 Å². The van der Waals surface area contributed by atoms with Crippen LogP contribution in [0.5, 0.6) is 0 Å². The smallest absolute Gasteiger partial charge is 0.0108 e. The van der Waals surface area contributed by atoms with E-state index in [0.29, 0.717) is 0 Å². The molecule has 0 aromatic rings. The summed E-state index contributed by atoms with van der Waals surface area (Å²) in [7, 11) is 0. The van der Waals surface area contributed by atoms with Crippen molar-refractivity contribution in [2.75, 3.05) is 19.6 Å². The van der Waals surface area contributed by atoms with Crippen LogP contribution in [-0.4, -0.2) is 36.6 Å². The molecule has 0 aromatic heterocycles. The number of likely N-dealkylation sites (tertiary alicyclic amines) is 1. The van der Waals surface area contributed by atoms with E-state index in [-0.39, 0.29) is 0 Å². The molecule has 1 aliphatic heterocycles. The molecule has 0 aromatic carbocycles. The number of piperidine rings is 1. The molecule has 3 unspecified atom stereocenters. The van der Waals surface area contributed by atoms with Crippen LogP contribution in [0, 0.1) is 5.92 Å². The van der Waals surface area contributed by atoms with Gasteiger partial charge < -0.3 is 5.32 Å². The lowest BCUT2D eigenvalue weighted by Crippen LogP contribution is -2.49. The molecule has 1 fully saturated rings. The molecule has 1 N–H and O–H groups in total. The highest BCUT2D eigenvalue weighted by Gasteiger charge is 2.28. The van der Waals surface area contributed by atoms with Crippen LogP contribution in [0.4, 0.5) is 0 Å². The molecule has 1 aliphatic rings. The first-order chi connectivity index (χ1) is 8.70. The minimum absolute atomic E-state index is 0.728. The second kappa shape index (κ2) is 8.92. The first-order valence-corrected chi connectivity index (χ1v) is 8.17. The summed E-state index contributed by atoms with van der Waals surface area (Å²) in [5.41, 5.74) is 0. The van der Waals surface area contributed by atoms with E-state index in [4.69, 9.17) is 0 Å². The number of nitrogens with one attached hydrogen (secondary N) is 1. The van der Waals surface area contributed by atoms with Gasteiger partial charge in [-0.25, -0.2) is 0 Å². The number of nitrogens with zero attached hydrogens (tertiary/aromatic N) is 1. The zero-order chi connectivity index (χ0) is 13.4. The van der Waals surface area contributed by atoms with Gasteiger partial charge in [-0.2, -0.15) is 0 Å². The van der Waals surface area contributed by atoms with Gasteiger partial charge in [0.2, 0.25) is 0 Å². The van der Waals surface area contributed by atoms with E-state index in [9.17, 15) is 0 Å². The Labute approximate surface area is 115 Å². The highest BCUT2D eigenvalue weighted by molar-refractivity contribution is 4.83. The highest BCUT2D eigenvalue weighted by Crippen LogP contribution is 2.25. The van der Waals surface area contributed by atoms with Crippen LogP contribution < -0.4 is 5.32 Å². The Bertz CT molecular complexity index is 203. The summed E-state index contributed by atoms with van der Waals surface area (Å²) < 4.78 is 0. The van der Waals surface area contributed by atoms with Crippen LogP contribution in [0.3, 0.4) is 0 Å². The van der Waals surface area contributed by atoms with Gasteiger partial charge in [0.25, 0.3) is 0 Å². The zero-order valence-corrected chi connectivity index (χ0v) is 13.0. The van der Waals surface area contributed by atoms with Gasteiger partial charge in [0.05, 0.1) is 0 Å². The van der Waals surface area contributed by atoms with Crippen LogP contribution in [0.1, 0.15) is 66.2 Å². The molecule has 2 nitrogen and oxygen atoms in total. The lowest BCUT2D eigenvalue weighted by atomic mass is 9.92. The number of hydrogen-bond acceptors (Lipinski definition) is 2. The summed E-state index contributed by atoms with van der Waals surface area (Å²) in [4.78, 5) is 2.80. The summed E-state index contributed by atoms with van der Waals surface area (Å²) in [6.45, 7) is 13.1. The van der Waals surface area contributed by atoms with Gasteiger partial charge in [0.15, 0.2) is 0 Å². The predicted molar refractivity (Wildman–Crippen MR) is 81.0 cm³/mol. The lowest BCUT2D eigenvalue weighted by Gasteiger charge is -2.42. The normalized spacial score (nSPS) is 25.0. The molecule has 0 aliphatic carbocycles. The Morgan fingerprint density at radius 1 is 1.17 bits per heavy atom. The maximum absolute atomic E-state index is 3.57. The molecule has 0 saturated carbocycles. The highest BCUT2D eigenvalue weighted by atomic mass is 15.2. The fourth-order valence-electron chi connectivity index (χ4n) is 3.21. The van der Waals surface area contributed by atoms with E-state index < -0.39 is 0 Å². The molecule has 1 heterocycles. The molecule has 0 spiro atoms. The number of rotatable bonds is 8. The van der Waals surface area contributed by atoms with E-state index in [1.807, 2.05) is 0 Å². The quantitative estimate of drug-likeness (QED) is 0.665. The minimum Gasteiger partial charge on any atom is -0.316 e. The first-order valence-electron chi connectivity index (χ1n) is 8.17. The Morgan fingerprint density at radius 2 is 1.94 bits per heavy atom. The van der Waals surface area contributed by atoms with Crippen LogP contribution >= 0.6 is 0 Å². The third-order valence-electron chi connectivity index (χ3n) is 4.53. The third kappa shape index (κ3) is 4.89. The van der Waals surface area contributed by atoms with Crippen LogP contribution in [-0.2, 0) is 0 Å². The molecule has 3 atom stereocenters. The van der Waals surface area contributed by atoms with Gasteiger partial charge in [-0.1, -0.05) is 33.6 Å². The third-order valence-corrected chi connectivity index (χ3v) is 4.53. The maximum Gasteiger partial charge on any atom is 0.0108 e. The van der Waals surface area contributed by atoms with Gasteiger partial charge in [0, 0.05) is 12.1 Å². The van der Waals surface area contributed by atoms with E-state index in [2.05, 4.69) is 37.9 Å². The second-order valence-corrected chi connectivity index (χ2v) is 6.10. The van der Waals surface area contributed by atoms with E-state index in [0.717, 1.165) is 24.5 Å². The topological polar surface area (TPSA) is 15.3 Å². The fourth-order valence-corrected chi connectivity index (χ4v) is 3.21. The average molecular weight is 254 g/mol. The number of hydrogen-bond donors (Lipinski definition) is 1. The Balaban J connectivity index is 2.42. The molecular formula is C16H34N2. The first kappa shape index (κ1) is 16.0. The van der Waals surface area contributed by atoms with Crippen molar-refractivity contribution < 1.29 is 0 Å². The predicted octanol–water partition coefficient (Wildman–Crippen LogP) is 3.67. The molecule has 1 rings (SSSR count). The van der Waals surface area contributed by atoms with Crippen molar-refractivity contribution in [3.05, 3.63) is 0 Å². The van der Waals surface area contributed by atoms with Crippen molar-refractivity contribution in [1.29, 1.82) is 0 Å². The average Bonchev–Trinajstić information content (AvgIpc) is 2.39. The van der Waals surface area contributed by atoms with Crippen molar-refractivity contribution >= 4 is 0 Å². The van der Waals surface area contributed by atoms with Gasteiger partial charge in [0.1, 0.15) is 0 Å². The Hall–Kier alpha value is -0.0800. The van der Waals surface area contributed by atoms with Crippen molar-refractivity contribution in [1.82, 2.24) is 10.2 Å².